The number of carboxylic acids is 1. The van der Waals surface area contributed by atoms with Crippen LogP contribution in [-0.4, -0.2) is 11.1 Å². The molecule has 1 aromatic heterocycles. The molecule has 0 amide bonds. The van der Waals surface area contributed by atoms with E-state index >= 15 is 0 Å². The smallest absolute Gasteiger partial charge is 0.339 e. The van der Waals surface area contributed by atoms with Crippen molar-refractivity contribution >= 4 is 16.9 Å². The van der Waals surface area contributed by atoms with E-state index in [-0.39, 0.29) is 5.56 Å². The molecule has 0 saturated carbocycles. The molecule has 0 aliphatic rings. The summed E-state index contributed by atoms with van der Waals surface area (Å²) in [5, 5.41) is 9.42. The number of aromatic carboxylic acids is 1. The lowest BCUT2D eigenvalue weighted by Gasteiger charge is -1.95. The molecule has 4 nitrogen and oxygen atoms in total. The van der Waals surface area contributed by atoms with Crippen molar-refractivity contribution in [3.63, 3.8) is 0 Å². The van der Waals surface area contributed by atoms with Gasteiger partial charge in [-0.15, -0.1) is 0 Å². The molecule has 72 valence electrons. The molecule has 0 bridgehead atoms. The predicted octanol–water partition coefficient (Wildman–Crippen LogP) is 1.59. The monoisotopic (exact) mass is 191 g/mol. The van der Waals surface area contributed by atoms with Crippen LogP contribution in [0.3, 0.4) is 0 Å². The van der Waals surface area contributed by atoms with Gasteiger partial charge < -0.3 is 15.3 Å². The van der Waals surface area contributed by atoms with Gasteiger partial charge in [-0.1, -0.05) is 6.07 Å². The normalized spacial score (nSPS) is 10.6. The van der Waals surface area contributed by atoms with Crippen LogP contribution < -0.4 is 5.73 Å². The van der Waals surface area contributed by atoms with E-state index in [4.69, 9.17) is 15.3 Å². The predicted molar refractivity (Wildman–Crippen MR) is 51.1 cm³/mol. The summed E-state index contributed by atoms with van der Waals surface area (Å²) in [6.45, 7) is 0.416. The number of carbonyl (C=O) groups is 1. The van der Waals surface area contributed by atoms with Gasteiger partial charge in [0.05, 0.1) is 0 Å². The van der Waals surface area contributed by atoms with Gasteiger partial charge in [0.1, 0.15) is 17.4 Å². The number of rotatable bonds is 2. The Morgan fingerprint density at radius 2 is 2.29 bits per heavy atom. The van der Waals surface area contributed by atoms with Crippen LogP contribution in [0.15, 0.2) is 28.9 Å². The number of furan rings is 1. The highest BCUT2D eigenvalue weighted by Gasteiger charge is 2.11. The summed E-state index contributed by atoms with van der Waals surface area (Å²) in [6.07, 6.45) is 1.24. The van der Waals surface area contributed by atoms with Crippen LogP contribution in [0.25, 0.3) is 11.0 Å². The fourth-order valence-electron chi connectivity index (χ4n) is 1.37. The molecule has 0 unspecified atom stereocenters. The van der Waals surface area contributed by atoms with Crippen molar-refractivity contribution in [2.45, 2.75) is 6.54 Å². The summed E-state index contributed by atoms with van der Waals surface area (Å²) in [5.74, 6) is -0.982. The van der Waals surface area contributed by atoms with Gasteiger partial charge in [0.2, 0.25) is 0 Å². The maximum absolute atomic E-state index is 10.7. The SMILES string of the molecule is NCc1ccc2c(C(=O)O)coc2c1. The van der Waals surface area contributed by atoms with Crippen LogP contribution in [0, 0.1) is 0 Å². The van der Waals surface area contributed by atoms with Crippen LogP contribution in [0.4, 0.5) is 0 Å². The summed E-state index contributed by atoms with van der Waals surface area (Å²) in [6, 6.07) is 5.26. The van der Waals surface area contributed by atoms with Gasteiger partial charge in [0.25, 0.3) is 0 Å². The Hall–Kier alpha value is -1.81. The van der Waals surface area contributed by atoms with Gasteiger partial charge in [-0.3, -0.25) is 0 Å². The lowest BCUT2D eigenvalue weighted by Crippen LogP contribution is -1.96. The third-order valence-electron chi connectivity index (χ3n) is 2.11. The molecule has 0 radical (unpaired) electrons. The van der Waals surface area contributed by atoms with Crippen molar-refractivity contribution in [2.24, 2.45) is 5.73 Å². The van der Waals surface area contributed by atoms with Gasteiger partial charge in [-0.25, -0.2) is 4.79 Å². The Morgan fingerprint density at radius 1 is 1.50 bits per heavy atom. The lowest BCUT2D eigenvalue weighted by molar-refractivity contribution is 0.0698. The van der Waals surface area contributed by atoms with Crippen LogP contribution >= 0.6 is 0 Å². The average Bonchev–Trinajstić information content (AvgIpc) is 2.59. The van der Waals surface area contributed by atoms with Crippen LogP contribution in [0.2, 0.25) is 0 Å². The van der Waals surface area contributed by atoms with Crippen LogP contribution in [0.1, 0.15) is 15.9 Å². The van der Waals surface area contributed by atoms with E-state index in [2.05, 4.69) is 0 Å². The number of fused-ring (bicyclic) bond motifs is 1. The maximum Gasteiger partial charge on any atom is 0.339 e. The van der Waals surface area contributed by atoms with Crippen molar-refractivity contribution < 1.29 is 14.3 Å². The lowest BCUT2D eigenvalue weighted by atomic mass is 10.1. The zero-order valence-electron chi connectivity index (χ0n) is 7.36. The second-order valence-electron chi connectivity index (χ2n) is 2.99. The maximum atomic E-state index is 10.7. The highest BCUT2D eigenvalue weighted by atomic mass is 16.4. The molecule has 3 N–H and O–H groups in total. The zero-order chi connectivity index (χ0) is 10.1. The largest absolute Gasteiger partial charge is 0.478 e. The molecule has 2 rings (SSSR count). The van der Waals surface area contributed by atoms with Gasteiger partial charge in [0.15, 0.2) is 0 Å². The Bertz CT molecular complexity index is 487. The van der Waals surface area contributed by atoms with E-state index in [0.717, 1.165) is 5.56 Å². The van der Waals surface area contributed by atoms with Gasteiger partial charge in [-0.2, -0.15) is 0 Å². The van der Waals surface area contributed by atoms with E-state index in [9.17, 15) is 4.79 Å². The second-order valence-corrected chi connectivity index (χ2v) is 2.99. The minimum atomic E-state index is -0.982. The van der Waals surface area contributed by atoms with Gasteiger partial charge >= 0.3 is 5.97 Å². The van der Waals surface area contributed by atoms with E-state index in [1.807, 2.05) is 0 Å². The van der Waals surface area contributed by atoms with Gasteiger partial charge in [0, 0.05) is 11.9 Å². The number of benzene rings is 1. The molecule has 2 aromatic rings. The molecule has 0 aliphatic heterocycles. The molecular formula is C10H9NO3. The fraction of sp³-hybridized carbons (Fsp3) is 0.100. The number of carboxylic acid groups (broad SMARTS) is 1. The molecular weight excluding hydrogens is 182 g/mol. The van der Waals surface area contributed by atoms with E-state index in [1.165, 1.54) is 6.26 Å². The molecule has 1 aromatic carbocycles. The first kappa shape index (κ1) is 8.77. The third kappa shape index (κ3) is 1.25. The van der Waals surface area contributed by atoms with Crippen LogP contribution in [-0.2, 0) is 6.54 Å². The van der Waals surface area contributed by atoms with E-state index in [1.54, 1.807) is 18.2 Å². The summed E-state index contributed by atoms with van der Waals surface area (Å²) in [7, 11) is 0. The first-order chi connectivity index (χ1) is 6.72. The molecule has 0 spiro atoms. The third-order valence-corrected chi connectivity index (χ3v) is 2.11. The van der Waals surface area contributed by atoms with E-state index in [0.29, 0.717) is 17.5 Å². The highest BCUT2D eigenvalue weighted by molar-refractivity contribution is 6.02. The van der Waals surface area contributed by atoms with Crippen molar-refractivity contribution in [3.8, 4) is 0 Å². The van der Waals surface area contributed by atoms with Crippen molar-refractivity contribution in [3.05, 3.63) is 35.6 Å². The summed E-state index contributed by atoms with van der Waals surface area (Å²) in [5.41, 5.74) is 7.11. The van der Waals surface area contributed by atoms with Crippen molar-refractivity contribution in [1.82, 2.24) is 0 Å². The molecule has 0 atom stereocenters. The van der Waals surface area contributed by atoms with Gasteiger partial charge in [-0.05, 0) is 17.7 Å². The summed E-state index contributed by atoms with van der Waals surface area (Å²) in [4.78, 5) is 10.7. The number of hydrogen-bond acceptors (Lipinski definition) is 3. The second kappa shape index (κ2) is 3.16. The minimum Gasteiger partial charge on any atom is -0.478 e. The number of nitrogens with two attached hydrogens (primary N) is 1. The summed E-state index contributed by atoms with van der Waals surface area (Å²) >= 11 is 0. The van der Waals surface area contributed by atoms with Crippen molar-refractivity contribution in [2.75, 3.05) is 0 Å². The highest BCUT2D eigenvalue weighted by Crippen LogP contribution is 2.22. The quantitative estimate of drug-likeness (QED) is 0.755. The Balaban J connectivity index is 2.65. The Labute approximate surface area is 79.9 Å². The Kier molecular flexibility index (Phi) is 1.98. The number of hydrogen-bond donors (Lipinski definition) is 2. The van der Waals surface area contributed by atoms with Crippen molar-refractivity contribution in [1.29, 1.82) is 0 Å². The average molecular weight is 191 g/mol. The zero-order valence-corrected chi connectivity index (χ0v) is 7.36. The molecule has 14 heavy (non-hydrogen) atoms. The molecule has 4 heteroatoms. The standard InChI is InChI=1S/C10H9NO3/c11-4-6-1-2-7-8(10(12)13)5-14-9(7)3-6/h1-3,5H,4,11H2,(H,12,13). The molecule has 0 fully saturated rings. The molecule has 0 saturated heterocycles. The van der Waals surface area contributed by atoms with Crippen LogP contribution in [0.5, 0.6) is 0 Å². The fourth-order valence-corrected chi connectivity index (χ4v) is 1.37. The first-order valence-corrected chi connectivity index (χ1v) is 4.16. The summed E-state index contributed by atoms with van der Waals surface area (Å²) < 4.78 is 5.12. The topological polar surface area (TPSA) is 76.5 Å². The first-order valence-electron chi connectivity index (χ1n) is 4.16. The molecule has 1 heterocycles. The minimum absolute atomic E-state index is 0.184. The van der Waals surface area contributed by atoms with E-state index < -0.39 is 5.97 Å². The molecule has 0 aliphatic carbocycles. The Morgan fingerprint density at radius 3 is 2.93 bits per heavy atom.